The maximum absolute atomic E-state index is 13.0. The van der Waals surface area contributed by atoms with Crippen LogP contribution in [0.25, 0.3) is 0 Å². The number of hydrogen-bond acceptors (Lipinski definition) is 5. The number of carbonyl (C=O) groups is 2. The van der Waals surface area contributed by atoms with Crippen molar-refractivity contribution in [2.45, 2.75) is 12.5 Å². The Hall–Kier alpha value is -3.29. The highest BCUT2D eigenvalue weighted by Gasteiger charge is 2.23. The first kappa shape index (κ1) is 18.1. The molecule has 0 radical (unpaired) electrons. The number of methoxy groups -OCH3 is 1. The highest BCUT2D eigenvalue weighted by Crippen LogP contribution is 2.14. The second-order valence-electron chi connectivity index (χ2n) is 5.19. The van der Waals surface area contributed by atoms with Crippen LogP contribution >= 0.6 is 0 Å². The zero-order valence-corrected chi connectivity index (χ0v) is 13.3. The molecule has 25 heavy (non-hydrogen) atoms. The number of carbonyl (C=O) groups excluding carboxylic acids is 2. The molecule has 7 nitrogen and oxygen atoms in total. The minimum Gasteiger partial charge on any atom is -0.467 e. The minimum absolute atomic E-state index is 0.0437. The largest absolute Gasteiger partial charge is 0.467 e. The van der Waals surface area contributed by atoms with Crippen LogP contribution in [0.3, 0.4) is 0 Å². The number of non-ortho nitro benzene ring substituents is 1. The summed E-state index contributed by atoms with van der Waals surface area (Å²) in [6.07, 6.45) is 0.0909. The molecule has 2 rings (SSSR count). The van der Waals surface area contributed by atoms with Gasteiger partial charge in [0.25, 0.3) is 11.6 Å². The highest BCUT2D eigenvalue weighted by atomic mass is 19.1. The van der Waals surface area contributed by atoms with Crippen molar-refractivity contribution >= 4 is 17.6 Å². The maximum Gasteiger partial charge on any atom is 0.328 e. The van der Waals surface area contributed by atoms with Crippen LogP contribution in [0, 0.1) is 15.9 Å². The van der Waals surface area contributed by atoms with E-state index < -0.39 is 28.7 Å². The fourth-order valence-electron chi connectivity index (χ4n) is 2.19. The van der Waals surface area contributed by atoms with Gasteiger partial charge in [-0.3, -0.25) is 14.9 Å². The number of esters is 1. The molecule has 1 amide bonds. The van der Waals surface area contributed by atoms with Gasteiger partial charge >= 0.3 is 5.97 Å². The number of ether oxygens (including phenoxy) is 1. The number of benzene rings is 2. The molecule has 130 valence electrons. The van der Waals surface area contributed by atoms with Gasteiger partial charge in [-0.1, -0.05) is 18.2 Å². The molecule has 1 N–H and O–H groups in total. The van der Waals surface area contributed by atoms with Gasteiger partial charge in [0.05, 0.1) is 12.0 Å². The Morgan fingerprint density at radius 2 is 1.92 bits per heavy atom. The maximum atomic E-state index is 13.0. The summed E-state index contributed by atoms with van der Waals surface area (Å²) >= 11 is 0. The summed E-state index contributed by atoms with van der Waals surface area (Å²) in [5.41, 5.74) is 0.430. The van der Waals surface area contributed by atoms with Crippen molar-refractivity contribution in [3.8, 4) is 0 Å². The molecular formula is C17H15FN2O5. The number of nitrogens with one attached hydrogen (secondary N) is 1. The van der Waals surface area contributed by atoms with E-state index in [1.54, 1.807) is 0 Å². The third kappa shape index (κ3) is 4.84. The molecule has 0 aliphatic heterocycles. The predicted octanol–water partition coefficient (Wildman–Crippen LogP) is 2.25. The third-order valence-corrected chi connectivity index (χ3v) is 3.46. The van der Waals surface area contributed by atoms with Gasteiger partial charge in [0.1, 0.15) is 11.9 Å². The fraction of sp³-hybridized carbons (Fsp3) is 0.176. The molecule has 0 aliphatic carbocycles. The molecule has 0 saturated heterocycles. The minimum atomic E-state index is -1.01. The average Bonchev–Trinajstić information content (AvgIpc) is 2.62. The molecule has 2 aromatic rings. The molecule has 0 bridgehead atoms. The van der Waals surface area contributed by atoms with Gasteiger partial charge in [-0.05, 0) is 23.8 Å². The zero-order chi connectivity index (χ0) is 18.4. The molecule has 0 unspecified atom stereocenters. The Morgan fingerprint density at radius 3 is 2.52 bits per heavy atom. The van der Waals surface area contributed by atoms with Crippen LogP contribution in [0.1, 0.15) is 15.9 Å². The van der Waals surface area contributed by atoms with Crippen molar-refractivity contribution in [1.29, 1.82) is 0 Å². The van der Waals surface area contributed by atoms with Crippen molar-refractivity contribution in [3.05, 3.63) is 75.6 Å². The van der Waals surface area contributed by atoms with Gasteiger partial charge in [0.2, 0.25) is 0 Å². The van der Waals surface area contributed by atoms with Crippen LogP contribution in [-0.2, 0) is 16.0 Å². The van der Waals surface area contributed by atoms with E-state index >= 15 is 0 Å². The molecule has 1 atom stereocenters. The monoisotopic (exact) mass is 346 g/mol. The first-order chi connectivity index (χ1) is 11.9. The number of nitro benzene ring substituents is 1. The van der Waals surface area contributed by atoms with Crippen molar-refractivity contribution < 1.29 is 23.6 Å². The van der Waals surface area contributed by atoms with Crippen LogP contribution in [0.5, 0.6) is 0 Å². The van der Waals surface area contributed by atoms with Gasteiger partial charge in [0, 0.05) is 24.1 Å². The summed E-state index contributed by atoms with van der Waals surface area (Å²) in [4.78, 5) is 34.4. The first-order valence-corrected chi connectivity index (χ1v) is 7.28. The van der Waals surface area contributed by atoms with E-state index in [0.717, 1.165) is 6.07 Å². The lowest BCUT2D eigenvalue weighted by Gasteiger charge is -2.16. The van der Waals surface area contributed by atoms with Crippen molar-refractivity contribution in [3.63, 3.8) is 0 Å². The van der Waals surface area contributed by atoms with Crippen LogP contribution in [0.2, 0.25) is 0 Å². The molecular weight excluding hydrogens is 331 g/mol. The lowest BCUT2D eigenvalue weighted by molar-refractivity contribution is -0.384. The molecule has 0 aromatic heterocycles. The SMILES string of the molecule is COC(=O)[C@@H](Cc1ccc(F)cc1)NC(=O)c1cccc([N+](=O)[O-])c1. The van der Waals surface area contributed by atoms with Crippen molar-refractivity contribution in [1.82, 2.24) is 5.32 Å². The van der Waals surface area contributed by atoms with E-state index in [9.17, 15) is 24.1 Å². The normalized spacial score (nSPS) is 11.4. The van der Waals surface area contributed by atoms with Crippen molar-refractivity contribution in [2.75, 3.05) is 7.11 Å². The summed E-state index contributed by atoms with van der Waals surface area (Å²) in [5.74, 6) is -1.75. The fourth-order valence-corrected chi connectivity index (χ4v) is 2.19. The summed E-state index contributed by atoms with van der Waals surface area (Å²) in [7, 11) is 1.18. The van der Waals surface area contributed by atoms with E-state index in [1.807, 2.05) is 0 Å². The molecule has 2 aromatic carbocycles. The smallest absolute Gasteiger partial charge is 0.328 e. The highest BCUT2D eigenvalue weighted by molar-refractivity contribution is 5.97. The quantitative estimate of drug-likeness (QED) is 0.491. The van der Waals surface area contributed by atoms with Crippen LogP contribution < -0.4 is 5.32 Å². The van der Waals surface area contributed by atoms with Gasteiger partial charge in [-0.2, -0.15) is 0 Å². The molecule has 8 heteroatoms. The molecule has 0 heterocycles. The summed E-state index contributed by atoms with van der Waals surface area (Å²) in [5, 5.41) is 13.3. The lowest BCUT2D eigenvalue weighted by Crippen LogP contribution is -2.43. The zero-order valence-electron chi connectivity index (χ0n) is 13.3. The molecule has 0 fully saturated rings. The molecule has 0 saturated carbocycles. The topological polar surface area (TPSA) is 98.5 Å². The van der Waals surface area contributed by atoms with E-state index in [0.29, 0.717) is 5.56 Å². The van der Waals surface area contributed by atoms with E-state index in [4.69, 9.17) is 0 Å². The van der Waals surface area contributed by atoms with Crippen LogP contribution in [0.15, 0.2) is 48.5 Å². The Balaban J connectivity index is 2.17. The number of amides is 1. The number of nitro groups is 1. The van der Waals surface area contributed by atoms with Crippen LogP contribution in [0.4, 0.5) is 10.1 Å². The Kier molecular flexibility index (Phi) is 5.78. The average molecular weight is 346 g/mol. The second kappa shape index (κ2) is 8.00. The summed E-state index contributed by atoms with van der Waals surface area (Å²) in [6.45, 7) is 0. The number of nitrogens with zero attached hydrogens (tertiary/aromatic N) is 1. The van der Waals surface area contributed by atoms with Gasteiger partial charge in [-0.25, -0.2) is 9.18 Å². The summed E-state index contributed by atoms with van der Waals surface area (Å²) < 4.78 is 17.6. The standard InChI is InChI=1S/C17H15FN2O5/c1-25-17(22)15(9-11-5-7-13(18)8-6-11)19-16(21)12-3-2-4-14(10-12)20(23)24/h2-8,10,15H,9H2,1H3,(H,19,21)/t15-/m1/s1. The second-order valence-corrected chi connectivity index (χ2v) is 5.19. The Labute approximate surface area is 142 Å². The third-order valence-electron chi connectivity index (χ3n) is 3.46. The molecule has 0 spiro atoms. The Bertz CT molecular complexity index is 792. The van der Waals surface area contributed by atoms with Gasteiger partial charge in [0.15, 0.2) is 0 Å². The predicted molar refractivity (Wildman–Crippen MR) is 86.5 cm³/mol. The lowest BCUT2D eigenvalue weighted by atomic mass is 10.1. The van der Waals surface area contributed by atoms with Gasteiger partial charge < -0.3 is 10.1 Å². The number of halogens is 1. The summed E-state index contributed by atoms with van der Waals surface area (Å²) in [6, 6.07) is 9.60. The van der Waals surface area contributed by atoms with Crippen molar-refractivity contribution in [2.24, 2.45) is 0 Å². The Morgan fingerprint density at radius 1 is 1.24 bits per heavy atom. The van der Waals surface area contributed by atoms with Crippen LogP contribution in [-0.4, -0.2) is 30.0 Å². The van der Waals surface area contributed by atoms with Gasteiger partial charge in [-0.15, -0.1) is 0 Å². The number of rotatable bonds is 6. The van der Waals surface area contributed by atoms with E-state index in [1.165, 1.54) is 49.6 Å². The van der Waals surface area contributed by atoms with E-state index in [2.05, 4.69) is 10.1 Å². The molecule has 0 aliphatic rings. The number of hydrogen-bond donors (Lipinski definition) is 1. The first-order valence-electron chi connectivity index (χ1n) is 7.28. The van der Waals surface area contributed by atoms with E-state index in [-0.39, 0.29) is 17.7 Å².